The van der Waals surface area contributed by atoms with Crippen molar-refractivity contribution in [2.75, 3.05) is 0 Å². The molecule has 2 rings (SSSR count). The van der Waals surface area contributed by atoms with Crippen molar-refractivity contribution >= 4 is 11.6 Å². The number of hydrogen-bond acceptors (Lipinski definition) is 3. The Morgan fingerprint density at radius 2 is 1.95 bits per heavy atom. The van der Waals surface area contributed by atoms with Crippen molar-refractivity contribution in [3.8, 4) is 11.3 Å². The number of aryl methyl sites for hydroxylation is 1. The standard InChI is InChI=1S/C15H21ClN4/c1-6-7-20-9-11(8-17-20)12-10(2)13(16)19-14(18-12)15(3,4)5/h8-9H,6-7H2,1-5H3. The van der Waals surface area contributed by atoms with E-state index in [1.807, 2.05) is 24.0 Å². The van der Waals surface area contributed by atoms with Gasteiger partial charge >= 0.3 is 0 Å². The first-order valence-electron chi connectivity index (χ1n) is 6.90. The quantitative estimate of drug-likeness (QED) is 0.803. The molecule has 0 amide bonds. The Labute approximate surface area is 125 Å². The van der Waals surface area contributed by atoms with Crippen LogP contribution in [-0.4, -0.2) is 19.7 Å². The van der Waals surface area contributed by atoms with Gasteiger partial charge in [-0.25, -0.2) is 9.97 Å². The number of halogens is 1. The molecule has 0 saturated carbocycles. The summed E-state index contributed by atoms with van der Waals surface area (Å²) < 4.78 is 1.93. The maximum absolute atomic E-state index is 6.26. The van der Waals surface area contributed by atoms with Crippen molar-refractivity contribution in [3.63, 3.8) is 0 Å². The topological polar surface area (TPSA) is 43.6 Å². The third-order valence-electron chi connectivity index (χ3n) is 3.12. The van der Waals surface area contributed by atoms with Crippen molar-refractivity contribution in [2.24, 2.45) is 0 Å². The third kappa shape index (κ3) is 3.01. The zero-order valence-electron chi connectivity index (χ0n) is 12.7. The molecule has 4 nitrogen and oxygen atoms in total. The molecule has 0 atom stereocenters. The van der Waals surface area contributed by atoms with Crippen LogP contribution in [0.1, 0.15) is 45.5 Å². The maximum atomic E-state index is 6.26. The highest BCUT2D eigenvalue weighted by Crippen LogP contribution is 2.29. The molecule has 0 aliphatic heterocycles. The van der Waals surface area contributed by atoms with Gasteiger partial charge in [0.2, 0.25) is 0 Å². The molecule has 0 bridgehead atoms. The smallest absolute Gasteiger partial charge is 0.136 e. The van der Waals surface area contributed by atoms with Crippen LogP contribution in [0.3, 0.4) is 0 Å². The zero-order valence-corrected chi connectivity index (χ0v) is 13.5. The van der Waals surface area contributed by atoms with Gasteiger partial charge in [0, 0.05) is 29.3 Å². The molecule has 2 heterocycles. The minimum atomic E-state index is -0.133. The van der Waals surface area contributed by atoms with Gasteiger partial charge in [-0.05, 0) is 13.3 Å². The first kappa shape index (κ1) is 15.0. The summed E-state index contributed by atoms with van der Waals surface area (Å²) in [5, 5.41) is 4.87. The van der Waals surface area contributed by atoms with E-state index in [4.69, 9.17) is 16.6 Å². The van der Waals surface area contributed by atoms with E-state index in [-0.39, 0.29) is 5.41 Å². The fourth-order valence-electron chi connectivity index (χ4n) is 1.94. The predicted molar refractivity (Wildman–Crippen MR) is 82.0 cm³/mol. The van der Waals surface area contributed by atoms with Gasteiger partial charge in [-0.3, -0.25) is 4.68 Å². The maximum Gasteiger partial charge on any atom is 0.136 e. The van der Waals surface area contributed by atoms with Crippen molar-refractivity contribution in [1.82, 2.24) is 19.7 Å². The average Bonchev–Trinajstić information content (AvgIpc) is 2.80. The van der Waals surface area contributed by atoms with E-state index in [0.717, 1.165) is 35.6 Å². The second kappa shape index (κ2) is 5.52. The first-order valence-corrected chi connectivity index (χ1v) is 7.28. The van der Waals surface area contributed by atoms with E-state index >= 15 is 0 Å². The van der Waals surface area contributed by atoms with Gasteiger partial charge in [0.05, 0.1) is 11.9 Å². The highest BCUT2D eigenvalue weighted by molar-refractivity contribution is 6.30. The van der Waals surface area contributed by atoms with Gasteiger partial charge < -0.3 is 0 Å². The summed E-state index contributed by atoms with van der Waals surface area (Å²) in [6.45, 7) is 11.2. The molecule has 0 aliphatic rings. The second-order valence-corrected chi connectivity index (χ2v) is 6.41. The van der Waals surface area contributed by atoms with Gasteiger partial charge in [-0.1, -0.05) is 39.3 Å². The molecular weight excluding hydrogens is 272 g/mol. The molecule has 108 valence electrons. The highest BCUT2D eigenvalue weighted by atomic mass is 35.5. The summed E-state index contributed by atoms with van der Waals surface area (Å²) in [6, 6.07) is 0. The predicted octanol–water partition coefficient (Wildman–Crippen LogP) is 4.01. The van der Waals surface area contributed by atoms with Gasteiger partial charge in [0.1, 0.15) is 11.0 Å². The Balaban J connectivity index is 2.51. The van der Waals surface area contributed by atoms with Crippen molar-refractivity contribution in [3.05, 3.63) is 28.9 Å². The van der Waals surface area contributed by atoms with E-state index in [1.54, 1.807) is 0 Å². The molecule has 0 radical (unpaired) electrons. The summed E-state index contributed by atoms with van der Waals surface area (Å²) in [7, 11) is 0. The lowest BCUT2D eigenvalue weighted by molar-refractivity contribution is 0.545. The Hall–Kier alpha value is -1.42. The summed E-state index contributed by atoms with van der Waals surface area (Å²) in [5.41, 5.74) is 2.63. The molecule has 0 N–H and O–H groups in total. The van der Waals surface area contributed by atoms with E-state index < -0.39 is 0 Å². The molecule has 2 aromatic rings. The van der Waals surface area contributed by atoms with Crippen LogP contribution in [0.15, 0.2) is 12.4 Å². The van der Waals surface area contributed by atoms with E-state index in [0.29, 0.717) is 5.15 Å². The largest absolute Gasteiger partial charge is 0.272 e. The highest BCUT2D eigenvalue weighted by Gasteiger charge is 2.21. The first-order chi connectivity index (χ1) is 9.32. The summed E-state index contributed by atoms with van der Waals surface area (Å²) in [6.07, 6.45) is 4.91. The summed E-state index contributed by atoms with van der Waals surface area (Å²) in [5.74, 6) is 0.756. The van der Waals surface area contributed by atoms with E-state index in [2.05, 4.69) is 37.8 Å². The van der Waals surface area contributed by atoms with Crippen LogP contribution in [0.25, 0.3) is 11.3 Å². The van der Waals surface area contributed by atoms with Gasteiger partial charge in [-0.15, -0.1) is 0 Å². The fourth-order valence-corrected chi connectivity index (χ4v) is 2.11. The molecule has 20 heavy (non-hydrogen) atoms. The summed E-state index contributed by atoms with van der Waals surface area (Å²) in [4.78, 5) is 9.10. The Morgan fingerprint density at radius 1 is 1.25 bits per heavy atom. The number of aromatic nitrogens is 4. The van der Waals surface area contributed by atoms with E-state index in [9.17, 15) is 0 Å². The lowest BCUT2D eigenvalue weighted by Gasteiger charge is -2.18. The van der Waals surface area contributed by atoms with Crippen molar-refractivity contribution in [2.45, 2.75) is 53.0 Å². The molecule has 2 aromatic heterocycles. The minimum Gasteiger partial charge on any atom is -0.272 e. The van der Waals surface area contributed by atoms with Crippen LogP contribution >= 0.6 is 11.6 Å². The monoisotopic (exact) mass is 292 g/mol. The second-order valence-electron chi connectivity index (χ2n) is 6.05. The number of hydrogen-bond donors (Lipinski definition) is 0. The van der Waals surface area contributed by atoms with Crippen LogP contribution in [0.4, 0.5) is 0 Å². The summed E-state index contributed by atoms with van der Waals surface area (Å²) >= 11 is 6.26. The Morgan fingerprint density at radius 3 is 2.55 bits per heavy atom. The minimum absolute atomic E-state index is 0.133. The molecule has 0 aromatic carbocycles. The normalized spacial score (nSPS) is 11.9. The number of nitrogens with zero attached hydrogens (tertiary/aromatic N) is 4. The lowest BCUT2D eigenvalue weighted by Crippen LogP contribution is -2.17. The lowest BCUT2D eigenvalue weighted by atomic mass is 9.95. The van der Waals surface area contributed by atoms with Crippen molar-refractivity contribution in [1.29, 1.82) is 0 Å². The van der Waals surface area contributed by atoms with Crippen LogP contribution in [-0.2, 0) is 12.0 Å². The Bertz CT molecular complexity index is 611. The zero-order chi connectivity index (χ0) is 14.9. The van der Waals surface area contributed by atoms with Gasteiger partial charge in [0.25, 0.3) is 0 Å². The van der Waals surface area contributed by atoms with Crippen LogP contribution in [0, 0.1) is 6.92 Å². The Kier molecular flexibility index (Phi) is 4.14. The van der Waals surface area contributed by atoms with Crippen molar-refractivity contribution < 1.29 is 0 Å². The van der Waals surface area contributed by atoms with Crippen LogP contribution in [0.5, 0.6) is 0 Å². The SMILES string of the molecule is CCCn1cc(-c2nc(C(C)(C)C)nc(Cl)c2C)cn1. The number of rotatable bonds is 3. The van der Waals surface area contributed by atoms with Gasteiger partial charge in [-0.2, -0.15) is 5.10 Å². The molecule has 0 spiro atoms. The van der Waals surface area contributed by atoms with Gasteiger partial charge in [0.15, 0.2) is 0 Å². The molecule has 0 aliphatic carbocycles. The molecular formula is C15H21ClN4. The molecule has 0 saturated heterocycles. The van der Waals surface area contributed by atoms with Crippen LogP contribution in [0.2, 0.25) is 5.15 Å². The molecule has 0 unspecified atom stereocenters. The molecule has 5 heteroatoms. The van der Waals surface area contributed by atoms with Crippen LogP contribution < -0.4 is 0 Å². The van der Waals surface area contributed by atoms with E-state index in [1.165, 1.54) is 0 Å². The third-order valence-corrected chi connectivity index (χ3v) is 3.48. The molecule has 0 fully saturated rings. The fraction of sp³-hybridized carbons (Fsp3) is 0.533. The average molecular weight is 293 g/mol.